The third-order valence-electron chi connectivity index (χ3n) is 3.89. The van der Waals surface area contributed by atoms with Gasteiger partial charge >= 0.3 is 0 Å². The van der Waals surface area contributed by atoms with E-state index in [2.05, 4.69) is 46.5 Å². The van der Waals surface area contributed by atoms with Crippen molar-refractivity contribution in [3.05, 3.63) is 27.8 Å². The monoisotopic (exact) mass is 453 g/mol. The number of sulfonamides is 1. The quantitative estimate of drug-likeness (QED) is 0.501. The first-order valence-corrected chi connectivity index (χ1v) is 10.4. The minimum atomic E-state index is -3.52. The van der Waals surface area contributed by atoms with Gasteiger partial charge in [-0.15, -0.1) is 0 Å². The average Bonchev–Trinajstić information content (AvgIpc) is 2.46. The van der Waals surface area contributed by atoms with E-state index < -0.39 is 10.0 Å². The molecular weight excluding hydrogens is 425 g/mol. The molecule has 0 heterocycles. The lowest BCUT2D eigenvalue weighted by Gasteiger charge is -2.27. The third-order valence-corrected chi connectivity index (χ3v) is 6.12. The number of nitrogens with two attached hydrogens (primary N) is 1. The van der Waals surface area contributed by atoms with Gasteiger partial charge in [0.05, 0.1) is 4.90 Å². The van der Waals surface area contributed by atoms with E-state index in [1.165, 1.54) is 0 Å². The lowest BCUT2D eigenvalue weighted by molar-refractivity contribution is 0.354. The summed E-state index contributed by atoms with van der Waals surface area (Å²) in [4.78, 5) is 0.294. The van der Waals surface area contributed by atoms with Crippen molar-refractivity contribution in [3.63, 3.8) is 0 Å². The van der Waals surface area contributed by atoms with Crippen LogP contribution in [0.1, 0.15) is 27.7 Å². The predicted molar refractivity (Wildman–Crippen MR) is 104 cm³/mol. The second kappa shape index (κ2) is 9.31. The predicted octanol–water partition coefficient (Wildman–Crippen LogP) is 2.17. The zero-order valence-electron chi connectivity index (χ0n) is 14.2. The van der Waals surface area contributed by atoms with Crippen molar-refractivity contribution in [1.29, 1.82) is 0 Å². The van der Waals surface area contributed by atoms with E-state index in [0.29, 0.717) is 23.9 Å². The van der Waals surface area contributed by atoms with Crippen molar-refractivity contribution in [3.8, 4) is 0 Å². The molecule has 1 aromatic carbocycles. The molecule has 0 unspecified atom stereocenters. The molecule has 0 amide bonds. The average molecular weight is 453 g/mol. The topological polar surface area (TPSA) is 84.2 Å². The fourth-order valence-electron chi connectivity index (χ4n) is 2.16. The molecule has 0 fully saturated rings. The van der Waals surface area contributed by atoms with Crippen LogP contribution in [0.2, 0.25) is 0 Å². The van der Waals surface area contributed by atoms with Crippen molar-refractivity contribution in [2.45, 2.75) is 44.7 Å². The Bertz CT molecular complexity index is 573. The molecule has 7 heteroatoms. The molecule has 0 bridgehead atoms. The van der Waals surface area contributed by atoms with Gasteiger partial charge in [0.2, 0.25) is 10.0 Å². The number of rotatable bonds is 9. The highest BCUT2D eigenvalue weighted by Crippen LogP contribution is 2.14. The zero-order valence-corrected chi connectivity index (χ0v) is 17.2. The van der Waals surface area contributed by atoms with Crippen LogP contribution in [0.4, 0.5) is 0 Å². The second-order valence-electron chi connectivity index (χ2n) is 6.42. The molecule has 1 rings (SSSR count). The normalized spacial score (nSPS) is 15.1. The zero-order chi connectivity index (χ0) is 17.6. The molecule has 0 aliphatic heterocycles. The van der Waals surface area contributed by atoms with Gasteiger partial charge in [-0.2, -0.15) is 0 Å². The molecule has 132 valence electrons. The number of benzene rings is 1. The van der Waals surface area contributed by atoms with E-state index in [0.717, 1.165) is 3.57 Å². The summed E-state index contributed by atoms with van der Waals surface area (Å²) >= 11 is 2.15. The van der Waals surface area contributed by atoms with Crippen molar-refractivity contribution in [1.82, 2.24) is 10.0 Å². The number of halogens is 1. The summed E-state index contributed by atoms with van der Waals surface area (Å²) in [5.41, 5.74) is 5.77. The van der Waals surface area contributed by atoms with Crippen LogP contribution in [0.15, 0.2) is 29.2 Å². The van der Waals surface area contributed by atoms with Crippen LogP contribution in [0.5, 0.6) is 0 Å². The summed E-state index contributed by atoms with van der Waals surface area (Å²) in [6.07, 6.45) is 0. The van der Waals surface area contributed by atoms with Crippen LogP contribution in [-0.2, 0) is 10.0 Å². The van der Waals surface area contributed by atoms with Gasteiger partial charge in [0.1, 0.15) is 0 Å². The Balaban J connectivity index is 2.80. The smallest absolute Gasteiger partial charge is 0.240 e. The molecule has 5 nitrogen and oxygen atoms in total. The highest BCUT2D eigenvalue weighted by Gasteiger charge is 2.23. The fraction of sp³-hybridized carbons (Fsp3) is 0.625. The van der Waals surface area contributed by atoms with Crippen molar-refractivity contribution >= 4 is 32.6 Å². The Kier molecular flexibility index (Phi) is 8.43. The minimum Gasteiger partial charge on any atom is -0.329 e. The summed E-state index contributed by atoms with van der Waals surface area (Å²) in [7, 11) is -3.52. The van der Waals surface area contributed by atoms with E-state index in [9.17, 15) is 8.42 Å². The van der Waals surface area contributed by atoms with Gasteiger partial charge in [0.25, 0.3) is 0 Å². The summed E-state index contributed by atoms with van der Waals surface area (Å²) < 4.78 is 28.9. The molecule has 0 saturated carbocycles. The Morgan fingerprint density at radius 1 is 1.04 bits per heavy atom. The van der Waals surface area contributed by atoms with Gasteiger partial charge in [-0.1, -0.05) is 27.7 Å². The van der Waals surface area contributed by atoms with Crippen LogP contribution in [-0.4, -0.2) is 33.6 Å². The molecule has 1 aromatic rings. The van der Waals surface area contributed by atoms with E-state index in [1.807, 2.05) is 13.8 Å². The van der Waals surface area contributed by atoms with E-state index in [1.54, 1.807) is 24.3 Å². The van der Waals surface area contributed by atoms with E-state index >= 15 is 0 Å². The van der Waals surface area contributed by atoms with Gasteiger partial charge in [-0.05, 0) is 58.7 Å². The first-order valence-electron chi connectivity index (χ1n) is 7.88. The van der Waals surface area contributed by atoms with Crippen molar-refractivity contribution in [2.75, 3.05) is 13.1 Å². The number of hydrogen-bond donors (Lipinski definition) is 3. The maximum absolute atomic E-state index is 12.5. The Morgan fingerprint density at radius 3 is 2.00 bits per heavy atom. The third kappa shape index (κ3) is 6.66. The minimum absolute atomic E-state index is 0.173. The lowest BCUT2D eigenvalue weighted by Crippen LogP contribution is -2.50. The molecule has 0 aliphatic carbocycles. The highest BCUT2D eigenvalue weighted by molar-refractivity contribution is 14.1. The summed E-state index contributed by atoms with van der Waals surface area (Å²) in [6, 6.07) is 6.84. The Hall–Kier alpha value is -0.220. The van der Waals surface area contributed by atoms with Crippen LogP contribution in [0, 0.1) is 15.4 Å². The van der Waals surface area contributed by atoms with Crippen LogP contribution >= 0.6 is 22.6 Å². The fourth-order valence-corrected chi connectivity index (χ4v) is 3.91. The Labute approximate surface area is 154 Å². The van der Waals surface area contributed by atoms with Gasteiger partial charge in [0.15, 0.2) is 0 Å². The first kappa shape index (κ1) is 20.8. The van der Waals surface area contributed by atoms with E-state index in [4.69, 9.17) is 5.73 Å². The molecular formula is C16H28IN3O2S. The van der Waals surface area contributed by atoms with E-state index in [-0.39, 0.29) is 18.0 Å². The molecule has 0 saturated heterocycles. The number of hydrogen-bond acceptors (Lipinski definition) is 4. The SMILES string of the molecule is CC(C)[C@H](CN[C@H](CN)C(C)C)NS(=O)(=O)c1ccc(I)cc1. The van der Waals surface area contributed by atoms with Crippen LogP contribution in [0.3, 0.4) is 0 Å². The summed E-state index contributed by atoms with van der Waals surface area (Å²) in [5.74, 6) is 0.576. The van der Waals surface area contributed by atoms with Gasteiger partial charge in [-0.3, -0.25) is 0 Å². The molecule has 0 spiro atoms. The van der Waals surface area contributed by atoms with Gasteiger partial charge in [-0.25, -0.2) is 13.1 Å². The summed E-state index contributed by atoms with van der Waals surface area (Å²) in [6.45, 7) is 9.31. The molecule has 0 radical (unpaired) electrons. The lowest BCUT2D eigenvalue weighted by atomic mass is 10.0. The largest absolute Gasteiger partial charge is 0.329 e. The second-order valence-corrected chi connectivity index (χ2v) is 9.38. The Morgan fingerprint density at radius 2 is 1.57 bits per heavy atom. The first-order chi connectivity index (χ1) is 10.7. The maximum atomic E-state index is 12.5. The van der Waals surface area contributed by atoms with Gasteiger partial charge in [0, 0.05) is 28.7 Å². The molecule has 23 heavy (non-hydrogen) atoms. The maximum Gasteiger partial charge on any atom is 0.240 e. The molecule has 4 N–H and O–H groups in total. The highest BCUT2D eigenvalue weighted by atomic mass is 127. The molecule has 2 atom stereocenters. The van der Waals surface area contributed by atoms with Crippen molar-refractivity contribution in [2.24, 2.45) is 17.6 Å². The molecule has 0 aliphatic rings. The molecule has 0 aromatic heterocycles. The van der Waals surface area contributed by atoms with Crippen molar-refractivity contribution < 1.29 is 8.42 Å². The van der Waals surface area contributed by atoms with Gasteiger partial charge < -0.3 is 11.1 Å². The van der Waals surface area contributed by atoms with Crippen LogP contribution in [0.25, 0.3) is 0 Å². The number of nitrogens with one attached hydrogen (secondary N) is 2. The standard InChI is InChI=1S/C16H28IN3O2S/c1-11(2)15(9-18)19-10-16(12(3)4)20-23(21,22)14-7-5-13(17)6-8-14/h5-8,11-12,15-16,19-20H,9-10,18H2,1-4H3/t15-,16+/m1/s1. The summed E-state index contributed by atoms with van der Waals surface area (Å²) in [5, 5.41) is 3.38. The van der Waals surface area contributed by atoms with Crippen LogP contribution < -0.4 is 15.8 Å².